The smallest absolute Gasteiger partial charge is 0.303 e. The van der Waals surface area contributed by atoms with E-state index < -0.39 is 5.97 Å². The molecular formula is C25H31O4P. The third-order valence-corrected chi connectivity index (χ3v) is 6.58. The van der Waals surface area contributed by atoms with E-state index in [0.29, 0.717) is 19.6 Å². The molecule has 0 bridgehead atoms. The second-order valence-corrected chi connectivity index (χ2v) is 8.54. The summed E-state index contributed by atoms with van der Waals surface area (Å²) < 4.78 is 12.0. The van der Waals surface area contributed by atoms with Crippen molar-refractivity contribution in [2.24, 2.45) is 0 Å². The Balaban J connectivity index is 1.82. The summed E-state index contributed by atoms with van der Waals surface area (Å²) >= 11 is 0. The minimum absolute atomic E-state index is 0.144. The van der Waals surface area contributed by atoms with Gasteiger partial charge in [0, 0.05) is 6.42 Å². The van der Waals surface area contributed by atoms with Gasteiger partial charge in [0.15, 0.2) is 0 Å². The molecule has 0 saturated carbocycles. The van der Waals surface area contributed by atoms with E-state index >= 15 is 0 Å². The number of hydrogen-bond acceptors (Lipinski definition) is 3. The second-order valence-electron chi connectivity index (χ2n) is 7.92. The molecule has 0 aliphatic carbocycles. The fourth-order valence-corrected chi connectivity index (χ4v) is 4.10. The average molecular weight is 426 g/mol. The minimum Gasteiger partial charge on any atom is -0.489 e. The second kappa shape index (κ2) is 10.2. The molecule has 5 heteroatoms. The van der Waals surface area contributed by atoms with Crippen molar-refractivity contribution in [3.05, 3.63) is 63.7 Å². The Morgan fingerprint density at radius 2 is 1.87 bits per heavy atom. The van der Waals surface area contributed by atoms with E-state index in [0.717, 1.165) is 41.9 Å². The van der Waals surface area contributed by atoms with Crippen LogP contribution >= 0.6 is 9.24 Å². The third kappa shape index (κ3) is 5.50. The van der Waals surface area contributed by atoms with E-state index in [-0.39, 0.29) is 6.42 Å². The van der Waals surface area contributed by atoms with Crippen LogP contribution in [-0.4, -0.2) is 30.9 Å². The van der Waals surface area contributed by atoms with Gasteiger partial charge in [-0.1, -0.05) is 18.2 Å². The summed E-state index contributed by atoms with van der Waals surface area (Å²) in [7, 11) is 2.82. The molecule has 2 aromatic carbocycles. The van der Waals surface area contributed by atoms with Crippen molar-refractivity contribution >= 4 is 26.1 Å². The van der Waals surface area contributed by atoms with Gasteiger partial charge in [-0.25, -0.2) is 0 Å². The monoisotopic (exact) mass is 426 g/mol. The number of rotatable bonds is 7. The molecule has 3 rings (SSSR count). The van der Waals surface area contributed by atoms with Crippen LogP contribution < -0.4 is 10.0 Å². The lowest BCUT2D eigenvalue weighted by molar-refractivity contribution is -0.136. The Labute approximate surface area is 181 Å². The summed E-state index contributed by atoms with van der Waals surface area (Å²) in [5.41, 5.74) is 8.37. The van der Waals surface area contributed by atoms with Gasteiger partial charge in [0.2, 0.25) is 0 Å². The van der Waals surface area contributed by atoms with Crippen LogP contribution in [0.5, 0.6) is 5.75 Å². The molecular weight excluding hydrogens is 395 g/mol. The number of benzene rings is 2. The molecule has 30 heavy (non-hydrogen) atoms. The van der Waals surface area contributed by atoms with Crippen LogP contribution in [-0.2, 0) is 16.0 Å². The Morgan fingerprint density at radius 3 is 2.60 bits per heavy atom. The third-order valence-electron chi connectivity index (χ3n) is 5.96. The highest BCUT2D eigenvalue weighted by molar-refractivity contribution is 7.27. The zero-order valence-electron chi connectivity index (χ0n) is 18.1. The van der Waals surface area contributed by atoms with Gasteiger partial charge < -0.3 is 14.6 Å². The van der Waals surface area contributed by atoms with Crippen LogP contribution in [0.1, 0.15) is 47.1 Å². The number of carboxylic acids is 1. The van der Waals surface area contributed by atoms with Crippen molar-refractivity contribution in [2.45, 2.75) is 46.5 Å². The van der Waals surface area contributed by atoms with Gasteiger partial charge in [0.25, 0.3) is 0 Å². The first kappa shape index (κ1) is 22.5. The van der Waals surface area contributed by atoms with Crippen molar-refractivity contribution < 1.29 is 19.4 Å². The topological polar surface area (TPSA) is 55.8 Å². The first-order valence-electron chi connectivity index (χ1n) is 10.5. The molecule has 1 atom stereocenters. The van der Waals surface area contributed by atoms with Crippen LogP contribution in [0.25, 0.3) is 5.57 Å². The highest BCUT2D eigenvalue weighted by Gasteiger charge is 2.16. The molecule has 0 fully saturated rings. The molecule has 0 saturated heterocycles. The molecule has 1 unspecified atom stereocenters. The van der Waals surface area contributed by atoms with Crippen molar-refractivity contribution in [2.75, 3.05) is 19.8 Å². The van der Waals surface area contributed by atoms with Gasteiger partial charge in [0.05, 0.1) is 13.2 Å². The van der Waals surface area contributed by atoms with Gasteiger partial charge in [-0.15, -0.1) is 9.24 Å². The highest BCUT2D eigenvalue weighted by Crippen LogP contribution is 2.30. The maximum absolute atomic E-state index is 10.9. The zero-order valence-corrected chi connectivity index (χ0v) is 19.2. The fourth-order valence-electron chi connectivity index (χ4n) is 3.82. The standard InChI is InChI=1S/C25H31O4P/c1-16-4-5-20(14-24(16)30)22-11-13-28-12-10-21(22)15-29-23-8-6-19(7-9-25(26)27)17(2)18(23)3/h4-6,8,14H,7,9-13,15,30H2,1-3H3,(H,26,27). The SMILES string of the molecule is Cc1ccc(C2=C(COc3ccc(CCC(=O)O)c(C)c3C)CCOCC2)cc1P. The summed E-state index contributed by atoms with van der Waals surface area (Å²) in [5.74, 6) is 0.0893. The number of carboxylic acid groups (broad SMARTS) is 1. The number of carbonyl (C=O) groups is 1. The lowest BCUT2D eigenvalue weighted by Crippen LogP contribution is -2.08. The summed E-state index contributed by atoms with van der Waals surface area (Å²) in [6.07, 6.45) is 2.44. The maximum Gasteiger partial charge on any atom is 0.303 e. The predicted octanol–water partition coefficient (Wildman–Crippen LogP) is 4.77. The molecule has 4 nitrogen and oxygen atoms in total. The van der Waals surface area contributed by atoms with E-state index in [9.17, 15) is 4.79 Å². The fraction of sp³-hybridized carbons (Fsp3) is 0.400. The Hall–Kier alpha value is -2.16. The lowest BCUT2D eigenvalue weighted by Gasteiger charge is -2.18. The Bertz CT molecular complexity index is 962. The molecule has 1 aliphatic rings. The normalized spacial score (nSPS) is 14.5. The first-order chi connectivity index (χ1) is 14.4. The van der Waals surface area contributed by atoms with E-state index in [1.165, 1.54) is 27.6 Å². The predicted molar refractivity (Wildman–Crippen MR) is 125 cm³/mol. The van der Waals surface area contributed by atoms with E-state index in [2.05, 4.69) is 34.4 Å². The van der Waals surface area contributed by atoms with E-state index in [1.54, 1.807) is 0 Å². The molecule has 1 N–H and O–H groups in total. The quantitative estimate of drug-likeness (QED) is 0.648. The van der Waals surface area contributed by atoms with Gasteiger partial charge in [-0.3, -0.25) is 4.79 Å². The molecule has 1 aliphatic heterocycles. The summed E-state index contributed by atoms with van der Waals surface area (Å²) in [6.45, 7) is 8.18. The maximum atomic E-state index is 10.9. The van der Waals surface area contributed by atoms with Gasteiger partial charge in [-0.2, -0.15) is 0 Å². The lowest BCUT2D eigenvalue weighted by atomic mass is 9.95. The summed E-state index contributed by atoms with van der Waals surface area (Å²) in [6, 6.07) is 10.5. The van der Waals surface area contributed by atoms with Crippen LogP contribution in [0.3, 0.4) is 0 Å². The van der Waals surface area contributed by atoms with Crippen molar-refractivity contribution in [1.29, 1.82) is 0 Å². The molecule has 0 amide bonds. The molecule has 2 aromatic rings. The van der Waals surface area contributed by atoms with Crippen LogP contribution in [0.15, 0.2) is 35.9 Å². The Kier molecular flexibility index (Phi) is 7.69. The van der Waals surface area contributed by atoms with Crippen molar-refractivity contribution in [1.82, 2.24) is 0 Å². The number of ether oxygens (including phenoxy) is 2. The minimum atomic E-state index is -0.771. The number of aliphatic carboxylic acids is 1. The molecule has 0 aromatic heterocycles. The van der Waals surface area contributed by atoms with Crippen molar-refractivity contribution in [3.8, 4) is 5.75 Å². The molecule has 0 radical (unpaired) electrons. The largest absolute Gasteiger partial charge is 0.489 e. The van der Waals surface area contributed by atoms with Crippen LogP contribution in [0.4, 0.5) is 0 Å². The van der Waals surface area contributed by atoms with Gasteiger partial charge in [-0.05, 0) is 96.4 Å². The number of aryl methyl sites for hydroxylation is 2. The van der Waals surface area contributed by atoms with Gasteiger partial charge >= 0.3 is 5.97 Å². The molecule has 1 heterocycles. The number of hydrogen-bond donors (Lipinski definition) is 1. The highest BCUT2D eigenvalue weighted by atomic mass is 31.0. The van der Waals surface area contributed by atoms with E-state index in [4.69, 9.17) is 14.6 Å². The Morgan fingerprint density at radius 1 is 1.10 bits per heavy atom. The summed E-state index contributed by atoms with van der Waals surface area (Å²) in [4.78, 5) is 10.9. The molecule has 0 spiro atoms. The van der Waals surface area contributed by atoms with Crippen molar-refractivity contribution in [3.63, 3.8) is 0 Å². The summed E-state index contributed by atoms with van der Waals surface area (Å²) in [5, 5.41) is 10.2. The van der Waals surface area contributed by atoms with Crippen LogP contribution in [0, 0.1) is 20.8 Å². The van der Waals surface area contributed by atoms with Crippen LogP contribution in [0.2, 0.25) is 0 Å². The molecule has 160 valence electrons. The van der Waals surface area contributed by atoms with E-state index in [1.807, 2.05) is 26.0 Å². The first-order valence-corrected chi connectivity index (χ1v) is 11.0. The zero-order chi connectivity index (χ0) is 21.7. The average Bonchev–Trinajstić information content (AvgIpc) is 2.96. The van der Waals surface area contributed by atoms with Gasteiger partial charge in [0.1, 0.15) is 12.4 Å².